The quantitative estimate of drug-likeness (QED) is 0.866. The van der Waals surface area contributed by atoms with Gasteiger partial charge in [0.1, 0.15) is 0 Å². The first-order chi connectivity index (χ1) is 9.97. The van der Waals surface area contributed by atoms with Gasteiger partial charge in [-0.2, -0.15) is 0 Å². The minimum Gasteiger partial charge on any atom is -0.474 e. The summed E-state index contributed by atoms with van der Waals surface area (Å²) < 4.78 is 5.99. The highest BCUT2D eigenvalue weighted by atomic mass is 16.5. The number of rotatable bonds is 6. The summed E-state index contributed by atoms with van der Waals surface area (Å²) in [5, 5.41) is 4.66. The molecule has 0 spiro atoms. The number of hydrogen-bond acceptors (Lipinski definition) is 3. The molecule has 1 atom stereocenters. The number of aromatic nitrogens is 1. The predicted octanol–water partition coefficient (Wildman–Crippen LogP) is 4.16. The summed E-state index contributed by atoms with van der Waals surface area (Å²) in [4.78, 5) is 4.64. The van der Waals surface area contributed by atoms with E-state index in [0.29, 0.717) is 12.0 Å². The molecule has 1 aromatic heterocycles. The highest BCUT2D eigenvalue weighted by Crippen LogP contribution is 2.23. The van der Waals surface area contributed by atoms with Gasteiger partial charge in [-0.15, -0.1) is 0 Å². The molecule has 0 saturated carbocycles. The van der Waals surface area contributed by atoms with Crippen LogP contribution in [0.1, 0.15) is 40.2 Å². The van der Waals surface area contributed by atoms with Crippen LogP contribution in [0.5, 0.6) is 5.88 Å². The molecule has 0 aliphatic heterocycles. The molecule has 0 fully saturated rings. The molecule has 114 valence electrons. The van der Waals surface area contributed by atoms with Crippen molar-refractivity contribution < 1.29 is 4.74 Å². The van der Waals surface area contributed by atoms with Crippen LogP contribution < -0.4 is 10.1 Å². The third-order valence-electron chi connectivity index (χ3n) is 3.72. The van der Waals surface area contributed by atoms with Gasteiger partial charge in [-0.25, -0.2) is 4.98 Å². The summed E-state index contributed by atoms with van der Waals surface area (Å²) in [5.41, 5.74) is 2.23. The number of benzene rings is 1. The minimum absolute atomic E-state index is 0.157. The van der Waals surface area contributed by atoms with Crippen molar-refractivity contribution in [3.05, 3.63) is 35.9 Å². The molecule has 1 N–H and O–H groups in total. The molecule has 1 heterocycles. The van der Waals surface area contributed by atoms with Gasteiger partial charge in [-0.3, -0.25) is 0 Å². The van der Waals surface area contributed by atoms with E-state index in [4.69, 9.17) is 4.74 Å². The number of nitrogens with one attached hydrogen (secondary N) is 1. The van der Waals surface area contributed by atoms with Crippen LogP contribution in [0, 0.1) is 5.92 Å². The normalized spacial score (nSPS) is 13.1. The van der Waals surface area contributed by atoms with E-state index in [1.54, 1.807) is 0 Å². The van der Waals surface area contributed by atoms with Crippen LogP contribution in [-0.2, 0) is 6.54 Å². The summed E-state index contributed by atoms with van der Waals surface area (Å²) in [6, 6.07) is 10.8. The summed E-state index contributed by atoms with van der Waals surface area (Å²) in [6.07, 6.45) is 0.157. The molecule has 2 aromatic rings. The molecule has 21 heavy (non-hydrogen) atoms. The molecule has 2 rings (SSSR count). The predicted molar refractivity (Wildman–Crippen MR) is 88.6 cm³/mol. The smallest absolute Gasteiger partial charge is 0.214 e. The molecule has 0 aliphatic carbocycles. The fraction of sp³-hybridized carbons (Fsp3) is 0.500. The zero-order chi connectivity index (χ0) is 15.4. The first-order valence-electron chi connectivity index (χ1n) is 7.76. The number of fused-ring (bicyclic) bond motifs is 1. The summed E-state index contributed by atoms with van der Waals surface area (Å²) in [6.45, 7) is 11.5. The van der Waals surface area contributed by atoms with E-state index in [0.717, 1.165) is 17.9 Å². The van der Waals surface area contributed by atoms with Crippen LogP contribution in [0.25, 0.3) is 10.9 Å². The first-order valence-corrected chi connectivity index (χ1v) is 7.76. The number of nitrogens with zero attached hydrogens (tertiary/aromatic N) is 1. The number of para-hydroxylation sites is 1. The van der Waals surface area contributed by atoms with Crippen molar-refractivity contribution >= 4 is 10.9 Å². The lowest BCUT2D eigenvalue weighted by molar-refractivity contribution is 0.164. The van der Waals surface area contributed by atoms with Gasteiger partial charge in [-0.1, -0.05) is 45.9 Å². The molecule has 0 aliphatic rings. The molecule has 3 heteroatoms. The summed E-state index contributed by atoms with van der Waals surface area (Å²) >= 11 is 0. The topological polar surface area (TPSA) is 34.1 Å². The average Bonchev–Trinajstić information content (AvgIpc) is 2.44. The lowest BCUT2D eigenvalue weighted by atomic mass is 10.1. The fourth-order valence-electron chi connectivity index (χ4n) is 2.07. The zero-order valence-electron chi connectivity index (χ0n) is 13.7. The van der Waals surface area contributed by atoms with E-state index in [1.165, 1.54) is 10.9 Å². The Hall–Kier alpha value is -1.61. The maximum absolute atomic E-state index is 5.99. The molecule has 0 bridgehead atoms. The van der Waals surface area contributed by atoms with Gasteiger partial charge in [0.2, 0.25) is 5.88 Å². The Morgan fingerprint density at radius 3 is 2.48 bits per heavy atom. The van der Waals surface area contributed by atoms with Crippen molar-refractivity contribution in [2.75, 3.05) is 0 Å². The SMILES string of the molecule is CC(C)NCc1cc(OC(C)C(C)C)nc2ccccc12. The second kappa shape index (κ2) is 6.90. The summed E-state index contributed by atoms with van der Waals surface area (Å²) in [5.74, 6) is 1.19. The molecular weight excluding hydrogens is 260 g/mol. The molecular formula is C18H26N2O. The van der Waals surface area contributed by atoms with Gasteiger partial charge in [0.15, 0.2) is 0 Å². The van der Waals surface area contributed by atoms with Gasteiger partial charge in [0, 0.05) is 24.0 Å². The van der Waals surface area contributed by atoms with Gasteiger partial charge in [0.05, 0.1) is 11.6 Å². The van der Waals surface area contributed by atoms with Crippen molar-refractivity contribution in [2.45, 2.75) is 53.3 Å². The molecule has 3 nitrogen and oxygen atoms in total. The van der Waals surface area contributed by atoms with Gasteiger partial charge in [0.25, 0.3) is 0 Å². The molecule has 0 amide bonds. The second-order valence-electron chi connectivity index (χ2n) is 6.24. The van der Waals surface area contributed by atoms with Crippen molar-refractivity contribution in [3.8, 4) is 5.88 Å². The maximum Gasteiger partial charge on any atom is 0.214 e. The van der Waals surface area contributed by atoms with E-state index in [9.17, 15) is 0 Å². The Kier molecular flexibility index (Phi) is 5.18. The molecule has 0 radical (unpaired) electrons. The van der Waals surface area contributed by atoms with Gasteiger partial charge < -0.3 is 10.1 Å². The third-order valence-corrected chi connectivity index (χ3v) is 3.72. The Bertz CT molecular complexity index is 593. The van der Waals surface area contributed by atoms with E-state index in [2.05, 4.69) is 63.1 Å². The Morgan fingerprint density at radius 1 is 1.10 bits per heavy atom. The van der Waals surface area contributed by atoms with Crippen LogP contribution in [-0.4, -0.2) is 17.1 Å². The third kappa shape index (κ3) is 4.18. The van der Waals surface area contributed by atoms with Crippen LogP contribution in [0.2, 0.25) is 0 Å². The number of pyridine rings is 1. The van der Waals surface area contributed by atoms with Gasteiger partial charge in [-0.05, 0) is 24.5 Å². The van der Waals surface area contributed by atoms with Crippen molar-refractivity contribution in [3.63, 3.8) is 0 Å². The van der Waals surface area contributed by atoms with Crippen LogP contribution in [0.3, 0.4) is 0 Å². The molecule has 1 aromatic carbocycles. The molecule has 0 saturated heterocycles. The van der Waals surface area contributed by atoms with E-state index in [-0.39, 0.29) is 6.10 Å². The number of ether oxygens (including phenoxy) is 1. The minimum atomic E-state index is 0.157. The van der Waals surface area contributed by atoms with Crippen molar-refractivity contribution in [2.24, 2.45) is 5.92 Å². The van der Waals surface area contributed by atoms with Crippen LogP contribution in [0.4, 0.5) is 0 Å². The van der Waals surface area contributed by atoms with E-state index >= 15 is 0 Å². The lowest BCUT2D eigenvalue weighted by Gasteiger charge is -2.19. The van der Waals surface area contributed by atoms with Crippen LogP contribution >= 0.6 is 0 Å². The van der Waals surface area contributed by atoms with Crippen molar-refractivity contribution in [1.82, 2.24) is 10.3 Å². The standard InChI is InChI=1S/C18H26N2O/c1-12(2)14(5)21-18-10-15(11-19-13(3)4)16-8-6-7-9-17(16)20-18/h6-10,12-14,19H,11H2,1-5H3. The first kappa shape index (κ1) is 15.8. The highest BCUT2D eigenvalue weighted by molar-refractivity contribution is 5.82. The zero-order valence-corrected chi connectivity index (χ0v) is 13.7. The Balaban J connectivity index is 2.34. The fourth-order valence-corrected chi connectivity index (χ4v) is 2.07. The maximum atomic E-state index is 5.99. The Labute approximate surface area is 127 Å². The average molecular weight is 286 g/mol. The van der Waals surface area contributed by atoms with Crippen LogP contribution in [0.15, 0.2) is 30.3 Å². The van der Waals surface area contributed by atoms with Crippen molar-refractivity contribution in [1.29, 1.82) is 0 Å². The summed E-state index contributed by atoms with van der Waals surface area (Å²) in [7, 11) is 0. The second-order valence-corrected chi connectivity index (χ2v) is 6.24. The monoisotopic (exact) mass is 286 g/mol. The van der Waals surface area contributed by atoms with E-state index < -0.39 is 0 Å². The highest BCUT2D eigenvalue weighted by Gasteiger charge is 2.12. The lowest BCUT2D eigenvalue weighted by Crippen LogP contribution is -2.22. The van der Waals surface area contributed by atoms with E-state index in [1.807, 2.05) is 12.1 Å². The molecule has 1 unspecified atom stereocenters. The van der Waals surface area contributed by atoms with Gasteiger partial charge >= 0.3 is 0 Å². The number of hydrogen-bond donors (Lipinski definition) is 1. The Morgan fingerprint density at radius 2 is 1.81 bits per heavy atom. The largest absolute Gasteiger partial charge is 0.474 e.